The average Bonchev–Trinajstić information content (AvgIpc) is 2.74. The molecule has 0 aromatic heterocycles. The van der Waals surface area contributed by atoms with Crippen LogP contribution < -0.4 is 0 Å². The summed E-state index contributed by atoms with van der Waals surface area (Å²) in [6.07, 6.45) is 0. The number of halogens is 2. The summed E-state index contributed by atoms with van der Waals surface area (Å²) in [6, 6.07) is 16.6. The maximum atomic E-state index is 13.5. The first-order valence-electron chi connectivity index (χ1n) is 9.09. The molecule has 3 aromatic carbocycles. The molecule has 29 heavy (non-hydrogen) atoms. The summed E-state index contributed by atoms with van der Waals surface area (Å²) < 4.78 is 41.5. The zero-order valence-corrected chi connectivity index (χ0v) is 17.8. The molecule has 0 bridgehead atoms. The Bertz CT molecular complexity index is 1190. The standard InChI is InChI=1S/C21H18BrFN2O3S/c22-20-8-6-17(23)14-19(20)21(26)24-9-11-25(12-10-24)29(27,28)18-7-5-15-3-1-2-4-16(15)13-18/h1-8,13-14H,9-12H2. The molecular formula is C21H18BrFN2O3S. The Morgan fingerprint density at radius 3 is 2.31 bits per heavy atom. The van der Waals surface area contributed by atoms with Crippen molar-refractivity contribution in [3.8, 4) is 0 Å². The van der Waals surface area contributed by atoms with Crippen LogP contribution in [0.2, 0.25) is 0 Å². The number of sulfonamides is 1. The van der Waals surface area contributed by atoms with Crippen LogP contribution in [0.3, 0.4) is 0 Å². The zero-order chi connectivity index (χ0) is 20.6. The van der Waals surface area contributed by atoms with Crippen molar-refractivity contribution in [2.24, 2.45) is 0 Å². The van der Waals surface area contributed by atoms with E-state index in [1.54, 1.807) is 23.1 Å². The predicted molar refractivity (Wildman–Crippen MR) is 113 cm³/mol. The molecular weight excluding hydrogens is 459 g/mol. The second-order valence-corrected chi connectivity index (χ2v) is 9.62. The van der Waals surface area contributed by atoms with Gasteiger partial charge in [-0.1, -0.05) is 30.3 Å². The van der Waals surface area contributed by atoms with Gasteiger partial charge in [-0.15, -0.1) is 0 Å². The minimum atomic E-state index is -3.66. The Balaban J connectivity index is 1.51. The largest absolute Gasteiger partial charge is 0.336 e. The second kappa shape index (κ2) is 7.85. The molecule has 1 heterocycles. The third-order valence-corrected chi connectivity index (χ3v) is 7.63. The van der Waals surface area contributed by atoms with Gasteiger partial charge in [0.2, 0.25) is 10.0 Å². The van der Waals surface area contributed by atoms with E-state index in [0.29, 0.717) is 4.47 Å². The predicted octanol–water partition coefficient (Wildman–Crippen LogP) is 3.89. The van der Waals surface area contributed by atoms with Crippen molar-refractivity contribution >= 4 is 42.6 Å². The molecule has 0 spiro atoms. The molecule has 0 radical (unpaired) electrons. The van der Waals surface area contributed by atoms with Crippen molar-refractivity contribution in [3.63, 3.8) is 0 Å². The SMILES string of the molecule is O=C(c1cc(F)ccc1Br)N1CCN(S(=O)(=O)c2ccc3ccccc3c2)CC1. The summed E-state index contributed by atoms with van der Waals surface area (Å²) in [5.41, 5.74) is 0.232. The van der Waals surface area contributed by atoms with Crippen LogP contribution in [0.15, 0.2) is 70.0 Å². The number of fused-ring (bicyclic) bond motifs is 1. The van der Waals surface area contributed by atoms with Gasteiger partial charge in [-0.2, -0.15) is 4.31 Å². The fourth-order valence-corrected chi connectivity index (χ4v) is 5.31. The first-order valence-corrected chi connectivity index (χ1v) is 11.3. The van der Waals surface area contributed by atoms with Gasteiger partial charge in [0, 0.05) is 30.7 Å². The molecule has 1 fully saturated rings. The molecule has 1 saturated heterocycles. The zero-order valence-electron chi connectivity index (χ0n) is 15.4. The normalized spacial score (nSPS) is 15.6. The molecule has 1 aliphatic rings. The maximum absolute atomic E-state index is 13.5. The van der Waals surface area contributed by atoms with E-state index in [2.05, 4.69) is 15.9 Å². The van der Waals surface area contributed by atoms with Gasteiger partial charge in [-0.05, 0) is 57.0 Å². The smallest absolute Gasteiger partial charge is 0.255 e. The number of carbonyl (C=O) groups is 1. The highest BCUT2D eigenvalue weighted by atomic mass is 79.9. The lowest BCUT2D eigenvalue weighted by Crippen LogP contribution is -2.50. The Morgan fingerprint density at radius 1 is 0.897 bits per heavy atom. The number of rotatable bonds is 3. The Labute approximate surface area is 176 Å². The van der Waals surface area contributed by atoms with Gasteiger partial charge in [-0.25, -0.2) is 12.8 Å². The number of hydrogen-bond acceptors (Lipinski definition) is 3. The summed E-state index contributed by atoms with van der Waals surface area (Å²) in [4.78, 5) is 14.5. The van der Waals surface area contributed by atoms with Crippen LogP contribution in [0.5, 0.6) is 0 Å². The Hall–Kier alpha value is -2.29. The fourth-order valence-electron chi connectivity index (χ4n) is 3.44. The van der Waals surface area contributed by atoms with E-state index in [-0.39, 0.29) is 42.5 Å². The van der Waals surface area contributed by atoms with Crippen LogP contribution in [0.4, 0.5) is 4.39 Å². The number of carbonyl (C=O) groups excluding carboxylic acids is 1. The number of nitrogens with zero attached hydrogens (tertiary/aromatic N) is 2. The lowest BCUT2D eigenvalue weighted by molar-refractivity contribution is 0.0696. The Morgan fingerprint density at radius 2 is 1.59 bits per heavy atom. The van der Waals surface area contributed by atoms with E-state index in [1.807, 2.05) is 24.3 Å². The monoisotopic (exact) mass is 476 g/mol. The van der Waals surface area contributed by atoms with Gasteiger partial charge in [0.05, 0.1) is 10.5 Å². The summed E-state index contributed by atoms with van der Waals surface area (Å²) in [7, 11) is -3.66. The van der Waals surface area contributed by atoms with E-state index in [0.717, 1.165) is 10.8 Å². The lowest BCUT2D eigenvalue weighted by Gasteiger charge is -2.34. The lowest BCUT2D eigenvalue weighted by atomic mass is 10.1. The van der Waals surface area contributed by atoms with Gasteiger partial charge >= 0.3 is 0 Å². The highest BCUT2D eigenvalue weighted by Gasteiger charge is 2.31. The van der Waals surface area contributed by atoms with Gasteiger partial charge in [0.15, 0.2) is 0 Å². The van der Waals surface area contributed by atoms with Crippen LogP contribution in [0, 0.1) is 5.82 Å². The maximum Gasteiger partial charge on any atom is 0.255 e. The molecule has 5 nitrogen and oxygen atoms in total. The van der Waals surface area contributed by atoms with Crippen molar-refractivity contribution < 1.29 is 17.6 Å². The van der Waals surface area contributed by atoms with Gasteiger partial charge in [0.25, 0.3) is 5.91 Å². The van der Waals surface area contributed by atoms with Crippen LogP contribution in [0.1, 0.15) is 10.4 Å². The molecule has 0 aliphatic carbocycles. The van der Waals surface area contributed by atoms with Crippen LogP contribution in [0.25, 0.3) is 10.8 Å². The third kappa shape index (κ3) is 3.92. The molecule has 8 heteroatoms. The molecule has 4 rings (SSSR count). The van der Waals surface area contributed by atoms with Crippen molar-refractivity contribution in [2.45, 2.75) is 4.90 Å². The average molecular weight is 477 g/mol. The fraction of sp³-hybridized carbons (Fsp3) is 0.190. The number of hydrogen-bond donors (Lipinski definition) is 0. The van der Waals surface area contributed by atoms with Gasteiger partial charge in [0.1, 0.15) is 5.82 Å². The first kappa shape index (κ1) is 20.0. The third-order valence-electron chi connectivity index (χ3n) is 5.04. The van der Waals surface area contributed by atoms with Crippen LogP contribution in [-0.4, -0.2) is 49.7 Å². The van der Waals surface area contributed by atoms with Crippen molar-refractivity contribution in [3.05, 3.63) is 76.5 Å². The van der Waals surface area contributed by atoms with E-state index < -0.39 is 15.8 Å². The van der Waals surface area contributed by atoms with Crippen molar-refractivity contribution in [2.75, 3.05) is 26.2 Å². The van der Waals surface area contributed by atoms with Crippen molar-refractivity contribution in [1.82, 2.24) is 9.21 Å². The van der Waals surface area contributed by atoms with E-state index in [1.165, 1.54) is 22.5 Å². The quantitative estimate of drug-likeness (QED) is 0.576. The number of piperazine rings is 1. The molecule has 0 N–H and O–H groups in total. The van der Waals surface area contributed by atoms with Gasteiger partial charge < -0.3 is 4.90 Å². The minimum Gasteiger partial charge on any atom is -0.336 e. The molecule has 1 amide bonds. The second-order valence-electron chi connectivity index (χ2n) is 6.83. The van der Waals surface area contributed by atoms with E-state index in [9.17, 15) is 17.6 Å². The molecule has 150 valence electrons. The molecule has 3 aromatic rings. The van der Waals surface area contributed by atoms with E-state index >= 15 is 0 Å². The minimum absolute atomic E-state index is 0.188. The molecule has 0 unspecified atom stereocenters. The molecule has 0 saturated carbocycles. The highest BCUT2D eigenvalue weighted by Crippen LogP contribution is 2.24. The summed E-state index contributed by atoms with van der Waals surface area (Å²) in [5, 5.41) is 1.83. The Kier molecular flexibility index (Phi) is 5.42. The van der Waals surface area contributed by atoms with Crippen molar-refractivity contribution in [1.29, 1.82) is 0 Å². The molecule has 1 aliphatic heterocycles. The topological polar surface area (TPSA) is 57.7 Å². The summed E-state index contributed by atoms with van der Waals surface area (Å²) >= 11 is 3.27. The van der Waals surface area contributed by atoms with E-state index in [4.69, 9.17) is 0 Å². The number of benzene rings is 3. The van der Waals surface area contributed by atoms with Crippen LogP contribution in [-0.2, 0) is 10.0 Å². The molecule has 0 atom stereocenters. The number of amides is 1. The summed E-state index contributed by atoms with van der Waals surface area (Å²) in [6.45, 7) is 0.866. The summed E-state index contributed by atoms with van der Waals surface area (Å²) in [5.74, 6) is -0.812. The van der Waals surface area contributed by atoms with Crippen LogP contribution >= 0.6 is 15.9 Å². The highest BCUT2D eigenvalue weighted by molar-refractivity contribution is 9.10. The van der Waals surface area contributed by atoms with Gasteiger partial charge in [-0.3, -0.25) is 4.79 Å². The first-order chi connectivity index (χ1) is 13.9.